The Morgan fingerprint density at radius 3 is 2.74 bits per heavy atom. The fraction of sp³-hybridized carbons (Fsp3) is 0.538. The lowest BCUT2D eigenvalue weighted by Gasteiger charge is -2.26. The summed E-state index contributed by atoms with van der Waals surface area (Å²) in [6.07, 6.45) is 3.11. The minimum atomic E-state index is -3.49. The van der Waals surface area contributed by atoms with Crippen LogP contribution in [0.3, 0.4) is 0 Å². The van der Waals surface area contributed by atoms with Gasteiger partial charge < -0.3 is 5.73 Å². The van der Waals surface area contributed by atoms with E-state index in [4.69, 9.17) is 17.3 Å². The molecule has 2 aliphatic rings. The lowest BCUT2D eigenvalue weighted by atomic mass is 10.1. The first-order valence-electron chi connectivity index (χ1n) is 6.52. The van der Waals surface area contributed by atoms with Gasteiger partial charge in [0.05, 0.1) is 5.02 Å². The van der Waals surface area contributed by atoms with Crippen LogP contribution in [0.4, 0.5) is 0 Å². The van der Waals surface area contributed by atoms with E-state index in [9.17, 15) is 8.42 Å². The Balaban J connectivity index is 2.00. The van der Waals surface area contributed by atoms with Crippen LogP contribution in [0.1, 0.15) is 24.8 Å². The van der Waals surface area contributed by atoms with Crippen LogP contribution in [0.2, 0.25) is 5.02 Å². The summed E-state index contributed by atoms with van der Waals surface area (Å²) in [6.45, 7) is 0.946. The maximum atomic E-state index is 12.7. The smallest absolute Gasteiger partial charge is 0.244 e. The maximum Gasteiger partial charge on any atom is 0.244 e. The lowest BCUT2D eigenvalue weighted by molar-refractivity contribution is 0.333. The van der Waals surface area contributed by atoms with E-state index in [-0.39, 0.29) is 16.0 Å². The van der Waals surface area contributed by atoms with Crippen LogP contribution in [0.5, 0.6) is 0 Å². The first-order chi connectivity index (χ1) is 9.02. The zero-order valence-corrected chi connectivity index (χ0v) is 12.1. The molecular formula is C13H17ClN2O2S. The number of nitrogens with zero attached hydrogens (tertiary/aromatic N) is 1. The Hall–Kier alpha value is -0.620. The molecule has 104 valence electrons. The minimum Gasteiger partial charge on any atom is -0.326 e. The molecule has 1 heterocycles. The molecule has 1 saturated carbocycles. The summed E-state index contributed by atoms with van der Waals surface area (Å²) in [6, 6.07) is 5.14. The van der Waals surface area contributed by atoms with Crippen molar-refractivity contribution >= 4 is 21.6 Å². The Labute approximate surface area is 118 Å². The standard InChI is InChI=1S/C13H17ClN2O2S/c14-12-4-2-9(7-15)6-13(12)19(17,18)16-8-10-1-3-11(16)5-10/h2,4,6,10-11H,1,3,5,7-8,15H2. The molecule has 19 heavy (non-hydrogen) atoms. The van der Waals surface area contributed by atoms with E-state index in [0.717, 1.165) is 24.8 Å². The first kappa shape index (κ1) is 13.4. The molecule has 6 heteroatoms. The van der Waals surface area contributed by atoms with Gasteiger partial charge in [0.15, 0.2) is 0 Å². The van der Waals surface area contributed by atoms with Gasteiger partial charge in [-0.3, -0.25) is 0 Å². The lowest BCUT2D eigenvalue weighted by Crippen LogP contribution is -2.37. The van der Waals surface area contributed by atoms with Gasteiger partial charge in [0, 0.05) is 19.1 Å². The molecule has 2 atom stereocenters. The molecule has 2 fully saturated rings. The Morgan fingerprint density at radius 1 is 1.37 bits per heavy atom. The SMILES string of the molecule is NCc1ccc(Cl)c(S(=O)(=O)N2CC3CCC2C3)c1. The van der Waals surface area contributed by atoms with Gasteiger partial charge in [-0.05, 0) is 42.9 Å². The van der Waals surface area contributed by atoms with Crippen molar-refractivity contribution in [3.05, 3.63) is 28.8 Å². The van der Waals surface area contributed by atoms with E-state index >= 15 is 0 Å². The number of halogens is 1. The fourth-order valence-corrected chi connectivity index (χ4v) is 5.44. The quantitative estimate of drug-likeness (QED) is 0.928. The van der Waals surface area contributed by atoms with Crippen molar-refractivity contribution in [1.82, 2.24) is 4.31 Å². The van der Waals surface area contributed by atoms with Gasteiger partial charge in [-0.15, -0.1) is 0 Å². The Bertz CT molecular complexity index is 603. The van der Waals surface area contributed by atoms with E-state index in [2.05, 4.69) is 0 Å². The number of hydrogen-bond donors (Lipinski definition) is 1. The summed E-state index contributed by atoms with van der Waals surface area (Å²) in [5.74, 6) is 0.524. The van der Waals surface area contributed by atoms with Crippen molar-refractivity contribution in [3.63, 3.8) is 0 Å². The highest BCUT2D eigenvalue weighted by molar-refractivity contribution is 7.89. The molecule has 0 radical (unpaired) electrons. The number of fused-ring (bicyclic) bond motifs is 2. The second kappa shape index (κ2) is 4.74. The van der Waals surface area contributed by atoms with Gasteiger partial charge in [0.25, 0.3) is 0 Å². The van der Waals surface area contributed by atoms with Crippen molar-refractivity contribution in [1.29, 1.82) is 0 Å². The summed E-state index contributed by atoms with van der Waals surface area (Å²) < 4.78 is 27.1. The van der Waals surface area contributed by atoms with E-state index in [1.54, 1.807) is 22.5 Å². The molecule has 3 rings (SSSR count). The third kappa shape index (κ3) is 2.18. The average molecular weight is 301 g/mol. The van der Waals surface area contributed by atoms with E-state index in [1.165, 1.54) is 0 Å². The number of hydrogen-bond acceptors (Lipinski definition) is 3. The highest BCUT2D eigenvalue weighted by Gasteiger charge is 2.44. The fourth-order valence-electron chi connectivity index (χ4n) is 3.17. The predicted octanol–water partition coefficient (Wildman–Crippen LogP) is 1.97. The number of sulfonamides is 1. The number of nitrogens with two attached hydrogens (primary N) is 1. The Morgan fingerprint density at radius 2 is 2.16 bits per heavy atom. The number of rotatable bonds is 3. The van der Waals surface area contributed by atoms with Gasteiger partial charge in [-0.1, -0.05) is 17.7 Å². The van der Waals surface area contributed by atoms with Crippen LogP contribution in [0.25, 0.3) is 0 Å². The Kier molecular flexibility index (Phi) is 3.33. The third-order valence-corrected chi connectivity index (χ3v) is 6.58. The van der Waals surface area contributed by atoms with E-state index in [0.29, 0.717) is 19.0 Å². The van der Waals surface area contributed by atoms with Crippen molar-refractivity contribution in [2.45, 2.75) is 36.7 Å². The summed E-state index contributed by atoms with van der Waals surface area (Å²) in [4.78, 5) is 0.199. The van der Waals surface area contributed by atoms with Crippen LogP contribution in [0, 0.1) is 5.92 Å². The van der Waals surface area contributed by atoms with Gasteiger partial charge in [-0.2, -0.15) is 4.31 Å². The van der Waals surface area contributed by atoms with Crippen LogP contribution in [-0.4, -0.2) is 25.3 Å². The summed E-state index contributed by atoms with van der Waals surface area (Å²) in [7, 11) is -3.49. The highest BCUT2D eigenvalue weighted by atomic mass is 35.5. The van der Waals surface area contributed by atoms with Crippen LogP contribution < -0.4 is 5.73 Å². The van der Waals surface area contributed by atoms with Gasteiger partial charge in [-0.25, -0.2) is 8.42 Å². The van der Waals surface area contributed by atoms with Crippen molar-refractivity contribution in [2.24, 2.45) is 11.7 Å². The van der Waals surface area contributed by atoms with Crippen LogP contribution in [-0.2, 0) is 16.6 Å². The first-order valence-corrected chi connectivity index (χ1v) is 8.34. The van der Waals surface area contributed by atoms with Crippen molar-refractivity contribution in [2.75, 3.05) is 6.54 Å². The molecule has 2 bridgehead atoms. The normalized spacial score (nSPS) is 27.1. The molecule has 0 amide bonds. The summed E-state index contributed by atoms with van der Waals surface area (Å²) in [5.41, 5.74) is 6.36. The van der Waals surface area contributed by atoms with Gasteiger partial charge in [0.2, 0.25) is 10.0 Å². The summed E-state index contributed by atoms with van der Waals surface area (Å²) in [5, 5.41) is 0.278. The molecule has 2 unspecified atom stereocenters. The molecular weight excluding hydrogens is 284 g/mol. The van der Waals surface area contributed by atoms with Gasteiger partial charge in [0.1, 0.15) is 4.90 Å². The monoisotopic (exact) mass is 300 g/mol. The molecule has 2 N–H and O–H groups in total. The predicted molar refractivity (Wildman–Crippen MR) is 74.4 cm³/mol. The summed E-state index contributed by atoms with van der Waals surface area (Å²) >= 11 is 6.07. The molecule has 1 aliphatic carbocycles. The molecule has 1 aromatic rings. The zero-order chi connectivity index (χ0) is 13.6. The van der Waals surface area contributed by atoms with Crippen LogP contribution in [0.15, 0.2) is 23.1 Å². The van der Waals surface area contributed by atoms with Crippen molar-refractivity contribution in [3.8, 4) is 0 Å². The molecule has 0 aromatic heterocycles. The van der Waals surface area contributed by atoms with Crippen LogP contribution >= 0.6 is 11.6 Å². The second-order valence-corrected chi connectivity index (χ2v) is 7.64. The largest absolute Gasteiger partial charge is 0.326 e. The minimum absolute atomic E-state index is 0.160. The number of piperidine rings is 1. The number of benzene rings is 1. The zero-order valence-electron chi connectivity index (χ0n) is 10.5. The average Bonchev–Trinajstić information content (AvgIpc) is 3.01. The highest BCUT2D eigenvalue weighted by Crippen LogP contribution is 2.41. The molecule has 1 aromatic carbocycles. The molecule has 4 nitrogen and oxygen atoms in total. The maximum absolute atomic E-state index is 12.7. The van der Waals surface area contributed by atoms with Gasteiger partial charge >= 0.3 is 0 Å². The molecule has 0 spiro atoms. The third-order valence-electron chi connectivity index (χ3n) is 4.18. The molecule has 1 saturated heterocycles. The topological polar surface area (TPSA) is 63.4 Å². The second-order valence-electron chi connectivity index (χ2n) is 5.38. The van der Waals surface area contributed by atoms with Crippen molar-refractivity contribution < 1.29 is 8.42 Å². The molecule has 1 aliphatic heterocycles. The van der Waals surface area contributed by atoms with E-state index in [1.807, 2.05) is 0 Å². The van der Waals surface area contributed by atoms with E-state index < -0.39 is 10.0 Å².